The summed E-state index contributed by atoms with van der Waals surface area (Å²) in [5.41, 5.74) is 1.77. The van der Waals surface area contributed by atoms with Crippen LogP contribution in [0.5, 0.6) is 0 Å². The number of carbonyl (C=O) groups is 1. The third-order valence-electron chi connectivity index (χ3n) is 3.76. The highest BCUT2D eigenvalue weighted by Crippen LogP contribution is 2.23. The molecule has 0 fully saturated rings. The lowest BCUT2D eigenvalue weighted by molar-refractivity contribution is -0.736. The van der Waals surface area contributed by atoms with Crippen molar-refractivity contribution in [3.63, 3.8) is 0 Å². The van der Waals surface area contributed by atoms with Crippen molar-refractivity contribution in [1.29, 1.82) is 0 Å². The van der Waals surface area contributed by atoms with Crippen LogP contribution in [0.1, 0.15) is 12.5 Å². The molecule has 0 saturated carbocycles. The summed E-state index contributed by atoms with van der Waals surface area (Å²) >= 11 is 1.37. The van der Waals surface area contributed by atoms with E-state index < -0.39 is 0 Å². The average Bonchev–Trinajstić information content (AvgIpc) is 3.21. The van der Waals surface area contributed by atoms with Crippen LogP contribution in [-0.2, 0) is 9.63 Å². The first kappa shape index (κ1) is 21.9. The second kappa shape index (κ2) is 10.8. The molecule has 1 aromatic heterocycles. The number of hydrogen-bond donors (Lipinski definition) is 1. The van der Waals surface area contributed by atoms with Crippen LogP contribution in [0.25, 0.3) is 5.57 Å². The molecular formula is C21H20BN3O3S+. The minimum Gasteiger partial charge on any atom is -0.298 e. The van der Waals surface area contributed by atoms with Crippen LogP contribution < -0.4 is 10.1 Å². The second-order valence-corrected chi connectivity index (χ2v) is 6.71. The van der Waals surface area contributed by atoms with Crippen molar-refractivity contribution in [2.75, 3.05) is 12.4 Å². The molecule has 1 N–H and O–H groups in total. The largest absolute Gasteiger partial charge is 0.316 e. The third-order valence-corrected chi connectivity index (χ3v) is 4.74. The van der Waals surface area contributed by atoms with E-state index in [1.54, 1.807) is 48.7 Å². The zero-order chi connectivity index (χ0) is 21.2. The summed E-state index contributed by atoms with van der Waals surface area (Å²) in [4.78, 5) is 33.8. The number of amides is 1. The van der Waals surface area contributed by atoms with Gasteiger partial charge in [0, 0.05) is 29.5 Å². The maximum Gasteiger partial charge on any atom is 0.316 e. The standard InChI is InChI=1S/C21H19BN3O3S/c1-5-7-8-15(6-2)13-18(16-9-11-17(12-10-16)25(27)28-4)20(26)24-21-23-14-19(22-3)29-21/h2,5,7-14H,1,3-4H3/p+1/b7-5-,15-8+,18-13+. The van der Waals surface area contributed by atoms with Crippen LogP contribution in [0.4, 0.5) is 10.8 Å². The molecular weight excluding hydrogens is 385 g/mol. The fraction of sp³-hybridized carbons (Fsp3) is 0.143. The van der Waals surface area contributed by atoms with E-state index >= 15 is 0 Å². The van der Waals surface area contributed by atoms with Gasteiger partial charge in [-0.1, -0.05) is 24.9 Å². The number of nitrogens with zero attached hydrogens (tertiary/aromatic N) is 2. The van der Waals surface area contributed by atoms with E-state index in [4.69, 9.17) is 6.42 Å². The van der Waals surface area contributed by atoms with Gasteiger partial charge in [0.25, 0.3) is 10.8 Å². The van der Waals surface area contributed by atoms with Crippen LogP contribution in [0.15, 0.2) is 60.3 Å². The van der Waals surface area contributed by atoms with Gasteiger partial charge < -0.3 is 0 Å². The molecule has 0 aliphatic rings. The summed E-state index contributed by atoms with van der Waals surface area (Å²) < 4.78 is 0.947. The fourth-order valence-corrected chi connectivity index (χ4v) is 2.98. The van der Waals surface area contributed by atoms with Crippen LogP contribution >= 0.6 is 11.3 Å². The van der Waals surface area contributed by atoms with E-state index in [1.807, 2.05) is 27.1 Å². The van der Waals surface area contributed by atoms with Crippen molar-refractivity contribution in [3.05, 3.63) is 70.8 Å². The maximum atomic E-state index is 13.0. The van der Waals surface area contributed by atoms with Gasteiger partial charge in [-0.2, -0.15) is 0 Å². The molecule has 2 aromatic rings. The van der Waals surface area contributed by atoms with E-state index in [2.05, 4.69) is 21.1 Å². The van der Waals surface area contributed by atoms with E-state index in [0.717, 1.165) is 4.78 Å². The lowest BCUT2D eigenvalue weighted by atomic mass is 9.81. The third kappa shape index (κ3) is 6.02. The minimum absolute atomic E-state index is 0.306. The Morgan fingerprint density at radius 3 is 2.66 bits per heavy atom. The van der Waals surface area contributed by atoms with Crippen molar-refractivity contribution in [3.8, 4) is 12.3 Å². The summed E-state index contributed by atoms with van der Waals surface area (Å²) in [7, 11) is 3.19. The van der Waals surface area contributed by atoms with Crippen LogP contribution in [0, 0.1) is 17.3 Å². The maximum absolute atomic E-state index is 13.0. The van der Waals surface area contributed by atoms with Gasteiger partial charge in [-0.15, -0.1) is 17.8 Å². The molecule has 6 nitrogen and oxygen atoms in total. The second-order valence-electron chi connectivity index (χ2n) is 5.65. The molecule has 1 amide bonds. The number of nitrogens with one attached hydrogen (secondary N) is 1. The molecule has 1 aromatic carbocycles. The summed E-state index contributed by atoms with van der Waals surface area (Å²) in [6, 6.07) is 6.43. The molecule has 0 aliphatic heterocycles. The summed E-state index contributed by atoms with van der Waals surface area (Å²) in [6.07, 6.45) is 14.3. The first-order valence-corrected chi connectivity index (χ1v) is 9.53. The van der Waals surface area contributed by atoms with Crippen molar-refractivity contribution in [1.82, 2.24) is 4.98 Å². The number of terminal acetylenes is 1. The fourth-order valence-electron chi connectivity index (χ4n) is 2.28. The number of hydrogen-bond acceptors (Lipinski definition) is 5. The smallest absolute Gasteiger partial charge is 0.298 e. The molecule has 0 bridgehead atoms. The molecule has 8 heteroatoms. The van der Waals surface area contributed by atoms with Crippen LogP contribution in [-0.4, -0.2) is 30.2 Å². The molecule has 0 aliphatic carbocycles. The normalized spacial score (nSPS) is 11.8. The van der Waals surface area contributed by atoms with Crippen molar-refractivity contribution in [2.24, 2.45) is 0 Å². The molecule has 29 heavy (non-hydrogen) atoms. The van der Waals surface area contributed by atoms with Gasteiger partial charge in [0.05, 0.1) is 4.91 Å². The zero-order valence-electron chi connectivity index (χ0n) is 16.4. The monoisotopic (exact) mass is 405 g/mol. The Bertz CT molecular complexity index is 1010. The topological polar surface area (TPSA) is 71.3 Å². The summed E-state index contributed by atoms with van der Waals surface area (Å²) in [5, 5.41) is 3.28. The number of aromatic nitrogens is 1. The summed E-state index contributed by atoms with van der Waals surface area (Å²) in [6.45, 7) is 3.77. The highest BCUT2D eigenvalue weighted by molar-refractivity contribution is 7.24. The van der Waals surface area contributed by atoms with Crippen molar-refractivity contribution in [2.45, 2.75) is 13.7 Å². The molecule has 0 spiro atoms. The number of allylic oxidation sites excluding steroid dienone is 5. The van der Waals surface area contributed by atoms with E-state index in [0.29, 0.717) is 32.5 Å². The molecule has 145 valence electrons. The quantitative estimate of drug-likeness (QED) is 0.239. The van der Waals surface area contributed by atoms with Crippen molar-refractivity contribution < 1.29 is 14.6 Å². The number of carbonyl (C=O) groups excluding carboxylic acids is 1. The zero-order valence-corrected chi connectivity index (χ0v) is 17.2. The first-order valence-electron chi connectivity index (χ1n) is 8.72. The van der Waals surface area contributed by atoms with Gasteiger partial charge in [0.2, 0.25) is 0 Å². The van der Waals surface area contributed by atoms with Gasteiger partial charge in [-0.05, 0) is 41.5 Å². The molecule has 0 saturated heterocycles. The van der Waals surface area contributed by atoms with Gasteiger partial charge >= 0.3 is 5.69 Å². The summed E-state index contributed by atoms with van der Waals surface area (Å²) in [5.74, 6) is 2.21. The lowest BCUT2D eigenvalue weighted by Crippen LogP contribution is -2.14. The predicted molar refractivity (Wildman–Crippen MR) is 118 cm³/mol. The highest BCUT2D eigenvalue weighted by atomic mass is 32.1. The Balaban J connectivity index is 2.43. The number of rotatable bonds is 8. The Hall–Kier alpha value is -3.44. The molecule has 2 rings (SSSR count). The van der Waals surface area contributed by atoms with Gasteiger partial charge in [0.15, 0.2) is 19.5 Å². The van der Waals surface area contributed by atoms with E-state index in [1.165, 1.54) is 18.4 Å². The number of benzene rings is 1. The predicted octanol–water partition coefficient (Wildman–Crippen LogP) is 3.65. The van der Waals surface area contributed by atoms with Crippen LogP contribution in [0.2, 0.25) is 6.82 Å². The number of thiazole rings is 1. The Kier molecular flexibility index (Phi) is 8.13. The molecule has 0 atom stereocenters. The van der Waals surface area contributed by atoms with Gasteiger partial charge in [0.1, 0.15) is 0 Å². The molecule has 1 radical (unpaired) electrons. The first-order chi connectivity index (χ1) is 14.0. The minimum atomic E-state index is -0.359. The SMILES string of the molecule is C#CC(=C\C=C/C)/C=C(/C(=O)Nc1ncc([B]C)s1)c1ccc([N+](=O)OC)cc1. The Morgan fingerprint density at radius 2 is 2.10 bits per heavy atom. The average molecular weight is 405 g/mol. The highest BCUT2D eigenvalue weighted by Gasteiger charge is 2.18. The van der Waals surface area contributed by atoms with Crippen LogP contribution in [0.3, 0.4) is 0 Å². The van der Waals surface area contributed by atoms with Crippen molar-refractivity contribution >= 4 is 45.7 Å². The molecule has 1 heterocycles. The van der Waals surface area contributed by atoms with E-state index in [-0.39, 0.29) is 5.91 Å². The van der Waals surface area contributed by atoms with E-state index in [9.17, 15) is 9.70 Å². The Labute approximate surface area is 174 Å². The van der Waals surface area contributed by atoms with Gasteiger partial charge in [-0.25, -0.2) is 9.82 Å². The lowest BCUT2D eigenvalue weighted by Gasteiger charge is -2.08. The number of anilines is 1. The Morgan fingerprint density at radius 1 is 1.38 bits per heavy atom. The van der Waals surface area contributed by atoms with Gasteiger partial charge in [-0.3, -0.25) is 10.1 Å². The molecule has 0 unspecified atom stereocenters.